The molecule has 0 aliphatic heterocycles. The molecule has 1 aromatic carbocycles. The predicted octanol–water partition coefficient (Wildman–Crippen LogP) is 4.65. The lowest BCUT2D eigenvalue weighted by Gasteiger charge is -2.24. The fourth-order valence-electron chi connectivity index (χ4n) is 3.25. The summed E-state index contributed by atoms with van der Waals surface area (Å²) in [5.74, 6) is 0. The Balaban J connectivity index is 2.04. The van der Waals surface area contributed by atoms with Gasteiger partial charge in [-0.05, 0) is 55.9 Å². The summed E-state index contributed by atoms with van der Waals surface area (Å²) >= 11 is 6.14. The molecule has 1 unspecified atom stereocenters. The Labute approximate surface area is 137 Å². The van der Waals surface area contributed by atoms with Crippen LogP contribution in [0.1, 0.15) is 50.3 Å². The zero-order valence-corrected chi connectivity index (χ0v) is 13.9. The molecule has 1 aliphatic rings. The molecule has 1 aliphatic carbocycles. The van der Waals surface area contributed by atoms with Gasteiger partial charge in [0, 0.05) is 21.8 Å². The number of halogens is 1. The summed E-state index contributed by atoms with van der Waals surface area (Å²) in [7, 11) is 0. The van der Waals surface area contributed by atoms with E-state index < -0.39 is 0 Å². The van der Waals surface area contributed by atoms with Gasteiger partial charge in [0.15, 0.2) is 0 Å². The minimum Gasteiger partial charge on any atom is -0.369 e. The Bertz CT molecular complexity index is 669. The number of benzene rings is 1. The van der Waals surface area contributed by atoms with Crippen molar-refractivity contribution in [1.29, 1.82) is 0 Å². The number of aryl methyl sites for hydroxylation is 1. The maximum absolute atomic E-state index is 6.29. The first kappa shape index (κ1) is 15.6. The number of hydrogen-bond donors (Lipinski definition) is 2. The van der Waals surface area contributed by atoms with E-state index in [1.54, 1.807) is 0 Å². The quantitative estimate of drug-likeness (QED) is 0.789. The number of pyridine rings is 1. The molecule has 0 amide bonds. The lowest BCUT2D eigenvalue weighted by molar-refractivity contribution is 0.622. The van der Waals surface area contributed by atoms with Crippen LogP contribution in [0.2, 0.25) is 5.02 Å². The van der Waals surface area contributed by atoms with Crippen molar-refractivity contribution in [2.75, 3.05) is 5.32 Å². The molecule has 1 aromatic heterocycles. The standard InChI is InChI=1S/C18H24ClN3/c1-2-3-8-17(20)22-18-13-6-4-5-7-15(13)21-16-11-12(19)9-10-14(16)18/h9-11,17H,2-8,20H2,1H3,(H,21,22). The number of hydrogen-bond acceptors (Lipinski definition) is 3. The number of fused-ring (bicyclic) bond motifs is 2. The summed E-state index contributed by atoms with van der Waals surface area (Å²) in [6.07, 6.45) is 7.88. The smallest absolute Gasteiger partial charge is 0.0743 e. The number of nitrogens with two attached hydrogens (primary N) is 1. The van der Waals surface area contributed by atoms with E-state index in [1.807, 2.05) is 12.1 Å². The second-order valence-electron chi connectivity index (χ2n) is 6.17. The molecular formula is C18H24ClN3. The van der Waals surface area contributed by atoms with E-state index >= 15 is 0 Å². The van der Waals surface area contributed by atoms with Crippen LogP contribution in [0.25, 0.3) is 10.9 Å². The monoisotopic (exact) mass is 317 g/mol. The Hall–Kier alpha value is -1.32. The molecule has 0 bridgehead atoms. The van der Waals surface area contributed by atoms with Crippen LogP contribution in [0.4, 0.5) is 5.69 Å². The molecule has 1 atom stereocenters. The van der Waals surface area contributed by atoms with Gasteiger partial charge < -0.3 is 11.1 Å². The third-order valence-corrected chi connectivity index (χ3v) is 4.66. The molecule has 4 heteroatoms. The summed E-state index contributed by atoms with van der Waals surface area (Å²) in [5, 5.41) is 5.43. The lowest BCUT2D eigenvalue weighted by Crippen LogP contribution is -2.30. The number of nitrogens with one attached hydrogen (secondary N) is 1. The molecule has 0 saturated carbocycles. The third kappa shape index (κ3) is 3.21. The van der Waals surface area contributed by atoms with E-state index in [9.17, 15) is 0 Å². The zero-order valence-electron chi connectivity index (χ0n) is 13.2. The molecule has 3 N–H and O–H groups in total. The normalized spacial score (nSPS) is 15.6. The van der Waals surface area contributed by atoms with Crippen molar-refractivity contribution in [3.63, 3.8) is 0 Å². The van der Waals surface area contributed by atoms with Crippen LogP contribution in [0.5, 0.6) is 0 Å². The SMILES string of the molecule is CCCCC(N)Nc1c2c(nc3cc(Cl)ccc13)CCCC2. The van der Waals surface area contributed by atoms with E-state index in [0.29, 0.717) is 0 Å². The largest absolute Gasteiger partial charge is 0.369 e. The van der Waals surface area contributed by atoms with Gasteiger partial charge in [0.2, 0.25) is 0 Å². The Kier molecular flexibility index (Phi) is 4.84. The highest BCUT2D eigenvalue weighted by Gasteiger charge is 2.19. The second-order valence-corrected chi connectivity index (χ2v) is 6.61. The van der Waals surface area contributed by atoms with Crippen LogP contribution in [-0.2, 0) is 12.8 Å². The van der Waals surface area contributed by atoms with E-state index in [2.05, 4.69) is 18.3 Å². The molecule has 3 nitrogen and oxygen atoms in total. The van der Waals surface area contributed by atoms with Crippen LogP contribution >= 0.6 is 11.6 Å². The summed E-state index contributed by atoms with van der Waals surface area (Å²) < 4.78 is 0. The van der Waals surface area contributed by atoms with Gasteiger partial charge in [0.25, 0.3) is 0 Å². The van der Waals surface area contributed by atoms with Gasteiger partial charge in [0.1, 0.15) is 0 Å². The zero-order chi connectivity index (χ0) is 15.5. The summed E-state index contributed by atoms with van der Waals surface area (Å²) in [6, 6.07) is 5.95. The van der Waals surface area contributed by atoms with Gasteiger partial charge in [-0.3, -0.25) is 4.98 Å². The van der Waals surface area contributed by atoms with Crippen LogP contribution in [0, 0.1) is 0 Å². The van der Waals surface area contributed by atoms with Gasteiger partial charge >= 0.3 is 0 Å². The van der Waals surface area contributed by atoms with Crippen LogP contribution in [-0.4, -0.2) is 11.1 Å². The number of nitrogens with zero attached hydrogens (tertiary/aromatic N) is 1. The van der Waals surface area contributed by atoms with E-state index in [-0.39, 0.29) is 6.17 Å². The molecule has 0 saturated heterocycles. The van der Waals surface area contributed by atoms with Gasteiger partial charge in [-0.2, -0.15) is 0 Å². The van der Waals surface area contributed by atoms with E-state index in [4.69, 9.17) is 22.3 Å². The number of anilines is 1. The Morgan fingerprint density at radius 2 is 2.14 bits per heavy atom. The minimum atomic E-state index is -0.00717. The molecule has 0 fully saturated rings. The number of rotatable bonds is 5. The molecular weight excluding hydrogens is 294 g/mol. The van der Waals surface area contributed by atoms with Crippen molar-refractivity contribution in [2.24, 2.45) is 5.73 Å². The molecule has 3 rings (SSSR count). The maximum Gasteiger partial charge on any atom is 0.0743 e. The van der Waals surface area contributed by atoms with Crippen molar-refractivity contribution in [1.82, 2.24) is 4.98 Å². The van der Waals surface area contributed by atoms with E-state index in [0.717, 1.165) is 41.6 Å². The fourth-order valence-corrected chi connectivity index (χ4v) is 3.41. The molecule has 2 aromatic rings. The van der Waals surface area contributed by atoms with Crippen molar-refractivity contribution in [2.45, 2.75) is 58.0 Å². The summed E-state index contributed by atoms with van der Waals surface area (Å²) in [4.78, 5) is 4.84. The van der Waals surface area contributed by atoms with Crippen molar-refractivity contribution in [3.05, 3.63) is 34.5 Å². The number of unbranched alkanes of at least 4 members (excludes halogenated alkanes) is 1. The highest BCUT2D eigenvalue weighted by atomic mass is 35.5. The maximum atomic E-state index is 6.29. The van der Waals surface area contributed by atoms with Crippen molar-refractivity contribution in [3.8, 4) is 0 Å². The summed E-state index contributed by atoms with van der Waals surface area (Å²) in [5.41, 5.74) is 11.0. The Morgan fingerprint density at radius 1 is 1.32 bits per heavy atom. The first-order chi connectivity index (χ1) is 10.7. The van der Waals surface area contributed by atoms with Crippen LogP contribution in [0.3, 0.4) is 0 Å². The molecule has 0 radical (unpaired) electrons. The minimum absolute atomic E-state index is 0.00717. The average molecular weight is 318 g/mol. The highest BCUT2D eigenvalue weighted by molar-refractivity contribution is 6.31. The third-order valence-electron chi connectivity index (χ3n) is 4.42. The molecule has 0 spiro atoms. The van der Waals surface area contributed by atoms with E-state index in [1.165, 1.54) is 36.2 Å². The lowest BCUT2D eigenvalue weighted by atomic mass is 9.92. The highest BCUT2D eigenvalue weighted by Crippen LogP contribution is 2.34. The first-order valence-corrected chi connectivity index (χ1v) is 8.70. The predicted molar refractivity (Wildman–Crippen MR) is 94.5 cm³/mol. The topological polar surface area (TPSA) is 50.9 Å². The average Bonchev–Trinajstić information content (AvgIpc) is 2.52. The second kappa shape index (κ2) is 6.84. The fraction of sp³-hybridized carbons (Fsp3) is 0.500. The van der Waals surface area contributed by atoms with Gasteiger partial charge in [-0.1, -0.05) is 31.4 Å². The van der Waals surface area contributed by atoms with Gasteiger partial charge in [-0.25, -0.2) is 0 Å². The van der Waals surface area contributed by atoms with Gasteiger partial charge in [0.05, 0.1) is 11.7 Å². The molecule has 22 heavy (non-hydrogen) atoms. The van der Waals surface area contributed by atoms with Crippen LogP contribution < -0.4 is 11.1 Å². The van der Waals surface area contributed by atoms with Crippen LogP contribution in [0.15, 0.2) is 18.2 Å². The summed E-state index contributed by atoms with van der Waals surface area (Å²) in [6.45, 7) is 2.19. The van der Waals surface area contributed by atoms with Crippen molar-refractivity contribution >= 4 is 28.2 Å². The number of aromatic nitrogens is 1. The molecule has 118 valence electrons. The molecule has 1 heterocycles. The van der Waals surface area contributed by atoms with Gasteiger partial charge in [-0.15, -0.1) is 0 Å². The van der Waals surface area contributed by atoms with Crippen molar-refractivity contribution < 1.29 is 0 Å². The first-order valence-electron chi connectivity index (χ1n) is 8.32. The Morgan fingerprint density at radius 3 is 2.95 bits per heavy atom.